The minimum Gasteiger partial charge on any atom is -0.494 e. The number of aliphatic hydroxyl groups excluding tert-OH is 1. The quantitative estimate of drug-likeness (QED) is 0.647. The Kier molecular flexibility index (Phi) is 7.87. The molecule has 0 aromatic heterocycles. The highest BCUT2D eigenvalue weighted by Crippen LogP contribution is 2.13. The molecule has 0 unspecified atom stereocenters. The van der Waals surface area contributed by atoms with Gasteiger partial charge in [-0.2, -0.15) is 0 Å². The molecular weight excluding hydrogens is 274 g/mol. The topological polar surface area (TPSA) is 32.7 Å². The highest BCUT2D eigenvalue weighted by molar-refractivity contribution is 5.38. The first kappa shape index (κ1) is 16.9. The van der Waals surface area contributed by atoms with Gasteiger partial charge >= 0.3 is 0 Å². The molecule has 0 amide bonds. The molecule has 0 atom stereocenters. The van der Waals surface area contributed by atoms with Crippen molar-refractivity contribution in [3.05, 3.63) is 29.8 Å². The van der Waals surface area contributed by atoms with Crippen LogP contribution in [0.4, 0.5) is 0 Å². The third kappa shape index (κ3) is 6.51. The summed E-state index contributed by atoms with van der Waals surface area (Å²) < 4.78 is 5.79. The van der Waals surface area contributed by atoms with Crippen LogP contribution in [0, 0.1) is 11.8 Å². The van der Waals surface area contributed by atoms with Crippen molar-refractivity contribution in [1.29, 1.82) is 0 Å². The van der Waals surface area contributed by atoms with Crippen molar-refractivity contribution in [3.63, 3.8) is 0 Å². The monoisotopic (exact) mass is 301 g/mol. The summed E-state index contributed by atoms with van der Waals surface area (Å²) in [5.74, 6) is 6.84. The van der Waals surface area contributed by atoms with Gasteiger partial charge in [-0.15, -0.1) is 0 Å². The lowest BCUT2D eigenvalue weighted by Gasteiger charge is -2.19. The van der Waals surface area contributed by atoms with Crippen molar-refractivity contribution in [2.75, 3.05) is 32.8 Å². The number of nitrogens with zero attached hydrogens (tertiary/aromatic N) is 1. The molecule has 0 spiro atoms. The number of benzene rings is 1. The number of hydrogen-bond acceptors (Lipinski definition) is 3. The van der Waals surface area contributed by atoms with E-state index in [2.05, 4.69) is 16.7 Å². The van der Waals surface area contributed by atoms with Crippen LogP contribution in [0.15, 0.2) is 24.3 Å². The van der Waals surface area contributed by atoms with Gasteiger partial charge in [-0.25, -0.2) is 0 Å². The van der Waals surface area contributed by atoms with E-state index in [0.717, 1.165) is 30.9 Å². The lowest BCUT2D eigenvalue weighted by Crippen LogP contribution is -2.26. The molecule has 120 valence electrons. The minimum absolute atomic E-state index is 0.116. The predicted octanol–water partition coefficient (Wildman–Crippen LogP) is 3.07. The lowest BCUT2D eigenvalue weighted by molar-refractivity contribution is 0.240. The highest BCUT2D eigenvalue weighted by Gasteiger charge is 2.08. The number of ether oxygens (including phenoxy) is 1. The minimum atomic E-state index is 0.116. The molecule has 2 rings (SSSR count). The summed E-state index contributed by atoms with van der Waals surface area (Å²) in [4.78, 5) is 2.57. The van der Waals surface area contributed by atoms with Crippen LogP contribution < -0.4 is 4.74 Å². The van der Waals surface area contributed by atoms with E-state index in [0.29, 0.717) is 6.42 Å². The van der Waals surface area contributed by atoms with Gasteiger partial charge in [0.1, 0.15) is 5.75 Å². The smallest absolute Gasteiger partial charge is 0.119 e. The van der Waals surface area contributed by atoms with Gasteiger partial charge in [0.25, 0.3) is 0 Å². The van der Waals surface area contributed by atoms with Crippen LogP contribution in [0.1, 0.15) is 44.1 Å². The Bertz CT molecular complexity index is 464. The van der Waals surface area contributed by atoms with E-state index in [4.69, 9.17) is 9.84 Å². The molecular formula is C19H27NO2. The SMILES string of the molecule is OCCC#Cc1ccc(OCCCN2CCCCCC2)cc1. The molecule has 0 radical (unpaired) electrons. The van der Waals surface area contributed by atoms with Crippen LogP contribution in [0.25, 0.3) is 0 Å². The van der Waals surface area contributed by atoms with Crippen LogP contribution in [-0.2, 0) is 0 Å². The second kappa shape index (κ2) is 10.3. The fraction of sp³-hybridized carbons (Fsp3) is 0.579. The van der Waals surface area contributed by atoms with Crippen LogP contribution in [0.2, 0.25) is 0 Å². The molecule has 0 bridgehead atoms. The Labute approximate surface area is 134 Å². The highest BCUT2D eigenvalue weighted by atomic mass is 16.5. The normalized spacial score (nSPS) is 15.7. The summed E-state index contributed by atoms with van der Waals surface area (Å²) in [6.45, 7) is 4.53. The molecule has 1 aliphatic heterocycles. The zero-order chi connectivity index (χ0) is 15.5. The van der Waals surface area contributed by atoms with Gasteiger partial charge in [0.15, 0.2) is 0 Å². The van der Waals surface area contributed by atoms with E-state index in [-0.39, 0.29) is 6.61 Å². The van der Waals surface area contributed by atoms with Gasteiger partial charge in [0.05, 0.1) is 13.2 Å². The molecule has 1 heterocycles. The van der Waals surface area contributed by atoms with Gasteiger partial charge in [-0.1, -0.05) is 24.7 Å². The standard InChI is InChI=1S/C19H27NO2/c21-16-6-3-8-18-9-11-19(12-10-18)22-17-7-15-20-13-4-1-2-5-14-20/h9-12,21H,1-2,4-7,13-17H2. The molecule has 1 saturated heterocycles. The second-order valence-corrected chi connectivity index (χ2v) is 5.76. The maximum atomic E-state index is 8.69. The third-order valence-electron chi connectivity index (χ3n) is 3.91. The summed E-state index contributed by atoms with van der Waals surface area (Å²) in [6.07, 6.45) is 7.08. The lowest BCUT2D eigenvalue weighted by atomic mass is 10.2. The first-order valence-corrected chi connectivity index (χ1v) is 8.43. The van der Waals surface area contributed by atoms with Crippen molar-refractivity contribution < 1.29 is 9.84 Å². The maximum absolute atomic E-state index is 8.69. The summed E-state index contributed by atoms with van der Waals surface area (Å²) in [5, 5.41) is 8.69. The number of aliphatic hydroxyl groups is 1. The first-order valence-electron chi connectivity index (χ1n) is 8.43. The zero-order valence-electron chi connectivity index (χ0n) is 13.4. The number of likely N-dealkylation sites (tertiary alicyclic amines) is 1. The Balaban J connectivity index is 1.65. The van der Waals surface area contributed by atoms with E-state index in [1.165, 1.54) is 38.8 Å². The Morgan fingerprint density at radius 2 is 1.77 bits per heavy atom. The third-order valence-corrected chi connectivity index (χ3v) is 3.91. The Hall–Kier alpha value is -1.50. The summed E-state index contributed by atoms with van der Waals surface area (Å²) in [6, 6.07) is 7.87. The van der Waals surface area contributed by atoms with Gasteiger partial charge in [0, 0.05) is 18.5 Å². The van der Waals surface area contributed by atoms with E-state index in [9.17, 15) is 0 Å². The van der Waals surface area contributed by atoms with E-state index in [1.807, 2.05) is 24.3 Å². The molecule has 3 heteroatoms. The van der Waals surface area contributed by atoms with Crippen LogP contribution in [0.5, 0.6) is 5.75 Å². The fourth-order valence-corrected chi connectivity index (χ4v) is 2.69. The van der Waals surface area contributed by atoms with Crippen molar-refractivity contribution in [3.8, 4) is 17.6 Å². The average Bonchev–Trinajstić information content (AvgIpc) is 2.82. The van der Waals surface area contributed by atoms with E-state index >= 15 is 0 Å². The van der Waals surface area contributed by atoms with Gasteiger partial charge in [-0.05, 0) is 56.6 Å². The van der Waals surface area contributed by atoms with Gasteiger partial charge in [0.2, 0.25) is 0 Å². The molecule has 22 heavy (non-hydrogen) atoms. The molecule has 1 fully saturated rings. The van der Waals surface area contributed by atoms with E-state index < -0.39 is 0 Å². The van der Waals surface area contributed by atoms with Gasteiger partial charge < -0.3 is 14.7 Å². The van der Waals surface area contributed by atoms with Gasteiger partial charge in [-0.3, -0.25) is 0 Å². The molecule has 1 aromatic carbocycles. The molecule has 0 aliphatic carbocycles. The largest absolute Gasteiger partial charge is 0.494 e. The van der Waals surface area contributed by atoms with Crippen molar-refractivity contribution in [2.45, 2.75) is 38.5 Å². The number of rotatable bonds is 6. The second-order valence-electron chi connectivity index (χ2n) is 5.76. The Morgan fingerprint density at radius 3 is 2.45 bits per heavy atom. The summed E-state index contributed by atoms with van der Waals surface area (Å²) in [5.41, 5.74) is 0.963. The zero-order valence-corrected chi connectivity index (χ0v) is 13.4. The molecule has 3 nitrogen and oxygen atoms in total. The molecule has 1 aliphatic rings. The van der Waals surface area contributed by atoms with Crippen molar-refractivity contribution in [1.82, 2.24) is 4.90 Å². The Morgan fingerprint density at radius 1 is 1.05 bits per heavy atom. The average molecular weight is 301 g/mol. The van der Waals surface area contributed by atoms with E-state index in [1.54, 1.807) is 0 Å². The van der Waals surface area contributed by atoms with Crippen molar-refractivity contribution in [2.24, 2.45) is 0 Å². The molecule has 0 saturated carbocycles. The molecule has 1 N–H and O–H groups in total. The molecule has 1 aromatic rings. The van der Waals surface area contributed by atoms with Crippen molar-refractivity contribution >= 4 is 0 Å². The van der Waals surface area contributed by atoms with Crippen LogP contribution in [0.3, 0.4) is 0 Å². The summed E-state index contributed by atoms with van der Waals surface area (Å²) >= 11 is 0. The first-order chi connectivity index (χ1) is 10.9. The maximum Gasteiger partial charge on any atom is 0.119 e. The van der Waals surface area contributed by atoms with Crippen LogP contribution in [-0.4, -0.2) is 42.9 Å². The van der Waals surface area contributed by atoms with Crippen LogP contribution >= 0.6 is 0 Å². The predicted molar refractivity (Wildman–Crippen MR) is 90.0 cm³/mol. The fourth-order valence-electron chi connectivity index (χ4n) is 2.69. The summed E-state index contributed by atoms with van der Waals surface area (Å²) in [7, 11) is 0. The number of hydrogen-bond donors (Lipinski definition) is 1.